The lowest BCUT2D eigenvalue weighted by Crippen LogP contribution is -2.42. The number of ether oxygens (including phenoxy) is 2. The fraction of sp³-hybridized carbons (Fsp3) is 0.400. The van der Waals surface area contributed by atoms with E-state index >= 15 is 0 Å². The molecule has 12 heteroatoms. The van der Waals surface area contributed by atoms with E-state index in [2.05, 4.69) is 15.4 Å². The summed E-state index contributed by atoms with van der Waals surface area (Å²) in [5.41, 5.74) is 1.70. The van der Waals surface area contributed by atoms with Crippen LogP contribution in [-0.4, -0.2) is 66.7 Å². The second-order valence-corrected chi connectivity index (χ2v) is 10.8. The summed E-state index contributed by atoms with van der Waals surface area (Å²) in [5, 5.41) is 10.3. The van der Waals surface area contributed by atoms with Gasteiger partial charge in [0.1, 0.15) is 18.9 Å². The van der Waals surface area contributed by atoms with Gasteiger partial charge in [0.05, 0.1) is 23.2 Å². The number of nitrogens with zero attached hydrogens (tertiary/aromatic N) is 3. The molecule has 1 aromatic carbocycles. The summed E-state index contributed by atoms with van der Waals surface area (Å²) in [7, 11) is -3.17. The molecule has 2 aromatic rings. The molecule has 2 amide bonds. The maximum absolute atomic E-state index is 12.7. The fourth-order valence-electron chi connectivity index (χ4n) is 3.82. The van der Waals surface area contributed by atoms with Crippen LogP contribution in [0.2, 0.25) is 0 Å². The van der Waals surface area contributed by atoms with Crippen LogP contribution in [0.25, 0.3) is 11.3 Å². The van der Waals surface area contributed by atoms with E-state index in [0.29, 0.717) is 42.0 Å². The molecule has 0 radical (unpaired) electrons. The minimum absolute atomic E-state index is 0.0280. The minimum Gasteiger partial charge on any atom is -0.486 e. The first kappa shape index (κ1) is 20.9. The quantitative estimate of drug-likeness (QED) is 0.711. The lowest BCUT2D eigenvalue weighted by atomic mass is 10.1. The van der Waals surface area contributed by atoms with Gasteiger partial charge >= 0.3 is 0 Å². The van der Waals surface area contributed by atoms with Gasteiger partial charge in [0.25, 0.3) is 5.91 Å². The van der Waals surface area contributed by atoms with Gasteiger partial charge < -0.3 is 9.47 Å². The summed E-state index contributed by atoms with van der Waals surface area (Å²) >= 11 is 1.27. The monoisotopic (exact) mass is 476 g/mol. The average molecular weight is 477 g/mol. The van der Waals surface area contributed by atoms with Gasteiger partial charge in [-0.2, -0.15) is 5.10 Å². The highest BCUT2D eigenvalue weighted by Crippen LogP contribution is 2.35. The maximum Gasteiger partial charge on any atom is 0.273 e. The molecular formula is C20H20N4O6S2. The number of benzene rings is 1. The number of carbonyl (C=O) groups is 2. The molecule has 0 aliphatic carbocycles. The molecule has 0 bridgehead atoms. The molecule has 1 N–H and O–H groups in total. The number of thiazole rings is 1. The molecule has 5 rings (SSSR count). The topological polar surface area (TPSA) is 127 Å². The number of hydrogen-bond acceptors (Lipinski definition) is 9. The highest BCUT2D eigenvalue weighted by molar-refractivity contribution is 7.91. The molecule has 168 valence electrons. The van der Waals surface area contributed by atoms with Crippen LogP contribution in [0.3, 0.4) is 0 Å². The van der Waals surface area contributed by atoms with E-state index in [-0.39, 0.29) is 36.0 Å². The first-order valence-corrected chi connectivity index (χ1v) is 12.8. The van der Waals surface area contributed by atoms with Crippen LogP contribution in [0.15, 0.2) is 28.7 Å². The Hall–Kier alpha value is -2.99. The number of hydrogen-bond donors (Lipinski definition) is 1. The number of carbonyl (C=O) groups excluding carboxylic acids is 2. The van der Waals surface area contributed by atoms with E-state index in [4.69, 9.17) is 9.47 Å². The molecule has 0 spiro atoms. The summed E-state index contributed by atoms with van der Waals surface area (Å²) in [4.78, 5) is 29.4. The van der Waals surface area contributed by atoms with E-state index in [0.717, 1.165) is 5.56 Å². The minimum atomic E-state index is -3.17. The van der Waals surface area contributed by atoms with E-state index in [1.807, 2.05) is 23.6 Å². The molecule has 3 aliphatic rings. The number of nitrogens with one attached hydrogen (secondary N) is 1. The van der Waals surface area contributed by atoms with Crippen LogP contribution in [0, 0.1) is 0 Å². The Labute approximate surface area is 188 Å². The van der Waals surface area contributed by atoms with E-state index in [1.54, 1.807) is 0 Å². The molecule has 0 unspecified atom stereocenters. The third kappa shape index (κ3) is 4.19. The molecule has 1 atom stereocenters. The zero-order valence-corrected chi connectivity index (χ0v) is 18.6. The molecule has 1 aromatic heterocycles. The van der Waals surface area contributed by atoms with Gasteiger partial charge in [0.15, 0.2) is 26.5 Å². The van der Waals surface area contributed by atoms with Crippen molar-refractivity contribution < 1.29 is 27.5 Å². The van der Waals surface area contributed by atoms with E-state index < -0.39 is 21.8 Å². The predicted molar refractivity (Wildman–Crippen MR) is 118 cm³/mol. The Morgan fingerprint density at radius 3 is 2.78 bits per heavy atom. The Kier molecular flexibility index (Phi) is 5.33. The number of hydrazone groups is 1. The summed E-state index contributed by atoms with van der Waals surface area (Å²) in [6.45, 7) is 1.01. The van der Waals surface area contributed by atoms with Crippen molar-refractivity contribution in [3.63, 3.8) is 0 Å². The van der Waals surface area contributed by atoms with Gasteiger partial charge in [0, 0.05) is 23.8 Å². The standard InChI is InChI=1S/C20H20N4O6S2/c25-18-4-2-14(23-24(18)13-5-8-32(27,28)11-13)19(26)22-20-21-15(10-31-20)12-1-3-16-17(9-12)30-7-6-29-16/h1,3,9-10,13H,2,4-8,11H2,(H,21,22,26)/t13-/m1/s1. The summed E-state index contributed by atoms with van der Waals surface area (Å²) in [6, 6.07) is 5.03. The van der Waals surface area contributed by atoms with Gasteiger partial charge in [-0.3, -0.25) is 14.9 Å². The van der Waals surface area contributed by atoms with Gasteiger partial charge in [-0.15, -0.1) is 11.3 Å². The third-order valence-corrected chi connectivity index (χ3v) is 7.95. The van der Waals surface area contributed by atoms with Crippen molar-refractivity contribution in [3.8, 4) is 22.8 Å². The highest BCUT2D eigenvalue weighted by Gasteiger charge is 2.37. The van der Waals surface area contributed by atoms with Crippen LogP contribution in [0.4, 0.5) is 5.13 Å². The Bertz CT molecular complexity index is 1220. The Balaban J connectivity index is 1.30. The van der Waals surface area contributed by atoms with Crippen LogP contribution < -0.4 is 14.8 Å². The second kappa shape index (κ2) is 8.17. The van der Waals surface area contributed by atoms with E-state index in [1.165, 1.54) is 16.3 Å². The summed E-state index contributed by atoms with van der Waals surface area (Å²) in [6.07, 6.45) is 0.641. The molecular weight excluding hydrogens is 456 g/mol. The number of aromatic nitrogens is 1. The molecule has 4 heterocycles. The molecule has 3 aliphatic heterocycles. The Morgan fingerprint density at radius 1 is 1.19 bits per heavy atom. The predicted octanol–water partition coefficient (Wildman–Crippen LogP) is 1.69. The number of amides is 2. The summed E-state index contributed by atoms with van der Waals surface area (Å²) < 4.78 is 34.7. The second-order valence-electron chi connectivity index (χ2n) is 7.69. The number of fused-ring (bicyclic) bond motifs is 1. The molecule has 0 saturated carbocycles. The number of rotatable bonds is 4. The molecule has 32 heavy (non-hydrogen) atoms. The van der Waals surface area contributed by atoms with Crippen molar-refractivity contribution in [2.75, 3.05) is 30.0 Å². The van der Waals surface area contributed by atoms with Crippen molar-refractivity contribution in [2.45, 2.75) is 25.3 Å². The molecule has 1 fully saturated rings. The summed E-state index contributed by atoms with van der Waals surface area (Å²) in [5.74, 6) is 0.531. The van der Waals surface area contributed by atoms with Gasteiger partial charge in [-0.1, -0.05) is 0 Å². The SMILES string of the molecule is O=C(Nc1nc(-c2ccc3c(c2)OCCO3)cs1)C1=NN([C@@H]2CCS(=O)(=O)C2)C(=O)CC1. The van der Waals surface area contributed by atoms with Crippen molar-refractivity contribution in [1.82, 2.24) is 9.99 Å². The van der Waals surface area contributed by atoms with Crippen LogP contribution in [-0.2, 0) is 19.4 Å². The van der Waals surface area contributed by atoms with Gasteiger partial charge in [-0.25, -0.2) is 18.4 Å². The average Bonchev–Trinajstić information content (AvgIpc) is 3.39. The lowest BCUT2D eigenvalue weighted by Gasteiger charge is -2.27. The first-order chi connectivity index (χ1) is 15.4. The molecule has 10 nitrogen and oxygen atoms in total. The largest absolute Gasteiger partial charge is 0.486 e. The smallest absolute Gasteiger partial charge is 0.273 e. The van der Waals surface area contributed by atoms with Crippen molar-refractivity contribution in [3.05, 3.63) is 23.6 Å². The normalized spacial score (nSPS) is 21.9. The fourth-order valence-corrected chi connectivity index (χ4v) is 6.23. The van der Waals surface area contributed by atoms with E-state index in [9.17, 15) is 18.0 Å². The van der Waals surface area contributed by atoms with Gasteiger partial charge in [-0.05, 0) is 24.6 Å². The van der Waals surface area contributed by atoms with Crippen LogP contribution in [0.5, 0.6) is 11.5 Å². The maximum atomic E-state index is 12.7. The molecule has 1 saturated heterocycles. The lowest BCUT2D eigenvalue weighted by molar-refractivity contribution is -0.133. The number of anilines is 1. The van der Waals surface area contributed by atoms with Crippen LogP contribution >= 0.6 is 11.3 Å². The van der Waals surface area contributed by atoms with Gasteiger partial charge in [0.2, 0.25) is 5.91 Å². The van der Waals surface area contributed by atoms with Crippen LogP contribution in [0.1, 0.15) is 19.3 Å². The van der Waals surface area contributed by atoms with Crippen molar-refractivity contribution in [2.24, 2.45) is 5.10 Å². The highest BCUT2D eigenvalue weighted by atomic mass is 32.2. The zero-order valence-electron chi connectivity index (χ0n) is 16.9. The van der Waals surface area contributed by atoms with Crippen molar-refractivity contribution in [1.29, 1.82) is 0 Å². The third-order valence-electron chi connectivity index (χ3n) is 5.44. The first-order valence-electron chi connectivity index (χ1n) is 10.1. The Morgan fingerprint density at radius 2 is 2.00 bits per heavy atom. The van der Waals surface area contributed by atoms with Crippen molar-refractivity contribution >= 4 is 43.8 Å². The zero-order chi connectivity index (χ0) is 22.3. The number of sulfone groups is 1.